The summed E-state index contributed by atoms with van der Waals surface area (Å²) in [4.78, 5) is 13.8. The van der Waals surface area contributed by atoms with Crippen molar-refractivity contribution in [2.75, 3.05) is 14.2 Å². The second kappa shape index (κ2) is 6.07. The van der Waals surface area contributed by atoms with Gasteiger partial charge in [-0.3, -0.25) is 4.79 Å². The van der Waals surface area contributed by atoms with Crippen molar-refractivity contribution in [3.8, 4) is 11.5 Å². The third-order valence-corrected chi connectivity index (χ3v) is 3.98. The van der Waals surface area contributed by atoms with E-state index in [2.05, 4.69) is 0 Å². The lowest BCUT2D eigenvalue weighted by atomic mass is 10.1. The van der Waals surface area contributed by atoms with Crippen molar-refractivity contribution < 1.29 is 27.4 Å². The molecule has 7 heteroatoms. The first-order chi connectivity index (χ1) is 11.5. The number of methoxy groups -OCH3 is 2. The lowest BCUT2D eigenvalue weighted by molar-refractivity contribution is 0.0760. The molecule has 3 rings (SSSR count). The standard InChI is InChI=1S/C17H14F3NO3/c1-23-13-6-3-9-7-21(17(22)14(9)16(13)24-2)8-10-11(18)4-5-12(19)15(10)20/h3-6H,7-8H2,1-2H3. The normalized spacial score (nSPS) is 13.2. The van der Waals surface area contributed by atoms with E-state index in [0.717, 1.165) is 6.07 Å². The second-order valence-corrected chi connectivity index (χ2v) is 5.32. The van der Waals surface area contributed by atoms with Crippen LogP contribution in [-0.4, -0.2) is 25.0 Å². The molecule has 0 unspecified atom stereocenters. The van der Waals surface area contributed by atoms with Crippen LogP contribution in [0.4, 0.5) is 13.2 Å². The van der Waals surface area contributed by atoms with Gasteiger partial charge in [-0.15, -0.1) is 0 Å². The highest BCUT2D eigenvalue weighted by molar-refractivity contribution is 6.01. The number of amides is 1. The van der Waals surface area contributed by atoms with Gasteiger partial charge in [0.25, 0.3) is 5.91 Å². The number of fused-ring (bicyclic) bond motifs is 1. The third kappa shape index (κ3) is 2.46. The molecule has 1 aliphatic rings. The van der Waals surface area contributed by atoms with Crippen molar-refractivity contribution in [2.24, 2.45) is 0 Å². The van der Waals surface area contributed by atoms with Crippen molar-refractivity contribution >= 4 is 5.91 Å². The van der Waals surface area contributed by atoms with Gasteiger partial charge in [0.15, 0.2) is 23.1 Å². The first kappa shape index (κ1) is 16.2. The Morgan fingerprint density at radius 3 is 2.42 bits per heavy atom. The fourth-order valence-electron chi connectivity index (χ4n) is 2.80. The van der Waals surface area contributed by atoms with E-state index in [4.69, 9.17) is 9.47 Å². The number of hydrogen-bond donors (Lipinski definition) is 0. The van der Waals surface area contributed by atoms with E-state index in [9.17, 15) is 18.0 Å². The van der Waals surface area contributed by atoms with Crippen LogP contribution in [0, 0.1) is 17.5 Å². The summed E-state index contributed by atoms with van der Waals surface area (Å²) in [5.41, 5.74) is 0.450. The Kier molecular flexibility index (Phi) is 4.09. The molecule has 24 heavy (non-hydrogen) atoms. The van der Waals surface area contributed by atoms with Gasteiger partial charge in [-0.05, 0) is 23.8 Å². The number of nitrogens with zero attached hydrogens (tertiary/aromatic N) is 1. The molecule has 1 amide bonds. The molecule has 2 aromatic carbocycles. The van der Waals surface area contributed by atoms with Gasteiger partial charge >= 0.3 is 0 Å². The van der Waals surface area contributed by atoms with Gasteiger partial charge in [0.1, 0.15) is 5.82 Å². The minimum absolute atomic E-state index is 0.143. The van der Waals surface area contributed by atoms with E-state index in [-0.39, 0.29) is 24.4 Å². The summed E-state index contributed by atoms with van der Waals surface area (Å²) in [5, 5.41) is 0. The van der Waals surface area contributed by atoms with E-state index >= 15 is 0 Å². The minimum Gasteiger partial charge on any atom is -0.493 e. The highest BCUT2D eigenvalue weighted by Crippen LogP contribution is 2.38. The minimum atomic E-state index is -1.29. The van der Waals surface area contributed by atoms with E-state index in [1.54, 1.807) is 12.1 Å². The van der Waals surface area contributed by atoms with Crippen molar-refractivity contribution in [3.05, 3.63) is 58.4 Å². The van der Waals surface area contributed by atoms with E-state index in [1.165, 1.54) is 19.1 Å². The largest absolute Gasteiger partial charge is 0.493 e. The van der Waals surface area contributed by atoms with Crippen molar-refractivity contribution in [3.63, 3.8) is 0 Å². The third-order valence-electron chi connectivity index (χ3n) is 3.98. The van der Waals surface area contributed by atoms with Crippen LogP contribution in [0.1, 0.15) is 21.5 Å². The predicted molar refractivity (Wildman–Crippen MR) is 79.4 cm³/mol. The summed E-state index contributed by atoms with van der Waals surface area (Å²) in [6.45, 7) is -0.238. The van der Waals surface area contributed by atoms with E-state index in [1.807, 2.05) is 0 Å². The molecular formula is C17H14F3NO3. The first-order valence-corrected chi connectivity index (χ1v) is 7.13. The summed E-state index contributed by atoms with van der Waals surface area (Å²) in [5.74, 6) is -3.15. The van der Waals surface area contributed by atoms with Crippen LogP contribution in [0.15, 0.2) is 24.3 Å². The lowest BCUT2D eigenvalue weighted by Crippen LogP contribution is -2.25. The SMILES string of the molecule is COc1ccc2c(c1OC)C(=O)N(Cc1c(F)ccc(F)c1F)C2. The molecule has 0 radical (unpaired) electrons. The molecule has 0 spiro atoms. The fraction of sp³-hybridized carbons (Fsp3) is 0.235. The van der Waals surface area contributed by atoms with Crippen LogP contribution < -0.4 is 9.47 Å². The molecule has 0 aliphatic carbocycles. The maximum absolute atomic E-state index is 13.8. The zero-order valence-corrected chi connectivity index (χ0v) is 13.0. The van der Waals surface area contributed by atoms with Crippen LogP contribution >= 0.6 is 0 Å². The van der Waals surface area contributed by atoms with E-state index in [0.29, 0.717) is 17.4 Å². The van der Waals surface area contributed by atoms with Gasteiger partial charge < -0.3 is 14.4 Å². The molecule has 0 N–H and O–H groups in total. The Balaban J connectivity index is 1.97. The molecule has 0 atom stereocenters. The van der Waals surface area contributed by atoms with Crippen molar-refractivity contribution in [1.82, 2.24) is 4.90 Å². The summed E-state index contributed by atoms with van der Waals surface area (Å²) >= 11 is 0. The molecule has 2 aromatic rings. The summed E-state index contributed by atoms with van der Waals surface area (Å²) in [6, 6.07) is 4.89. The van der Waals surface area contributed by atoms with Crippen LogP contribution in [-0.2, 0) is 13.1 Å². The molecule has 1 heterocycles. The van der Waals surface area contributed by atoms with Gasteiger partial charge in [0.05, 0.1) is 26.3 Å². The first-order valence-electron chi connectivity index (χ1n) is 7.13. The van der Waals surface area contributed by atoms with Crippen molar-refractivity contribution in [2.45, 2.75) is 13.1 Å². The van der Waals surface area contributed by atoms with E-state index < -0.39 is 28.9 Å². The van der Waals surface area contributed by atoms with Crippen LogP contribution in [0.25, 0.3) is 0 Å². The number of halogens is 3. The number of carbonyl (C=O) groups is 1. The summed E-state index contributed by atoms with van der Waals surface area (Å²) in [6.07, 6.45) is 0. The van der Waals surface area contributed by atoms with Gasteiger partial charge in [-0.2, -0.15) is 0 Å². The quantitative estimate of drug-likeness (QED) is 0.804. The Morgan fingerprint density at radius 2 is 1.75 bits per heavy atom. The Hall–Kier alpha value is -2.70. The van der Waals surface area contributed by atoms with Gasteiger partial charge in [0.2, 0.25) is 0 Å². The van der Waals surface area contributed by atoms with Gasteiger partial charge in [0, 0.05) is 12.1 Å². The molecule has 1 aliphatic heterocycles. The fourth-order valence-corrected chi connectivity index (χ4v) is 2.80. The Labute approximate surface area is 136 Å². The Bertz CT molecular complexity index is 823. The monoisotopic (exact) mass is 337 g/mol. The van der Waals surface area contributed by atoms with Gasteiger partial charge in [-0.25, -0.2) is 13.2 Å². The van der Waals surface area contributed by atoms with Crippen LogP contribution in [0.2, 0.25) is 0 Å². The number of hydrogen-bond acceptors (Lipinski definition) is 3. The number of ether oxygens (including phenoxy) is 2. The summed E-state index contributed by atoms with van der Waals surface area (Å²) < 4.78 is 51.4. The van der Waals surface area contributed by atoms with Crippen LogP contribution in [0.3, 0.4) is 0 Å². The maximum Gasteiger partial charge on any atom is 0.258 e. The average molecular weight is 337 g/mol. The number of benzene rings is 2. The Morgan fingerprint density at radius 1 is 1.04 bits per heavy atom. The zero-order valence-electron chi connectivity index (χ0n) is 13.0. The molecule has 126 valence electrons. The molecule has 4 nitrogen and oxygen atoms in total. The topological polar surface area (TPSA) is 38.8 Å². The smallest absolute Gasteiger partial charge is 0.258 e. The number of rotatable bonds is 4. The molecule has 0 saturated heterocycles. The number of carbonyl (C=O) groups excluding carboxylic acids is 1. The molecular weight excluding hydrogens is 323 g/mol. The molecule has 0 bridgehead atoms. The average Bonchev–Trinajstić information content (AvgIpc) is 2.90. The van der Waals surface area contributed by atoms with Crippen molar-refractivity contribution in [1.29, 1.82) is 0 Å². The zero-order chi connectivity index (χ0) is 17.4. The second-order valence-electron chi connectivity index (χ2n) is 5.32. The molecule has 0 saturated carbocycles. The predicted octanol–water partition coefficient (Wildman–Crippen LogP) is 3.28. The highest BCUT2D eigenvalue weighted by Gasteiger charge is 2.33. The molecule has 0 aromatic heterocycles. The van der Waals surface area contributed by atoms with Gasteiger partial charge in [-0.1, -0.05) is 6.07 Å². The maximum atomic E-state index is 13.8. The summed E-state index contributed by atoms with van der Waals surface area (Å²) in [7, 11) is 2.85. The lowest BCUT2D eigenvalue weighted by Gasteiger charge is -2.17. The van der Waals surface area contributed by atoms with Crippen LogP contribution in [0.5, 0.6) is 11.5 Å². The molecule has 0 fully saturated rings. The highest BCUT2D eigenvalue weighted by atomic mass is 19.2.